The summed E-state index contributed by atoms with van der Waals surface area (Å²) in [6.07, 6.45) is -22.7. The first-order valence-electron chi connectivity index (χ1n) is 5.31. The van der Waals surface area contributed by atoms with E-state index in [4.69, 9.17) is 23.2 Å². The Morgan fingerprint density at radius 2 is 1.04 bits per heavy atom. The van der Waals surface area contributed by atoms with Crippen LogP contribution in [0.1, 0.15) is 12.8 Å². The largest absolute Gasteiger partial charge is 0.431 e. The molecule has 0 heterocycles. The molecular weight excluding hydrogens is 423 g/mol. The van der Waals surface area contributed by atoms with E-state index >= 15 is 0 Å². The first-order valence-corrected chi connectivity index (χ1v) is 6.50. The first kappa shape index (κ1) is 23.1. The maximum absolute atomic E-state index is 13.4. The van der Waals surface area contributed by atoms with Gasteiger partial charge < -0.3 is 0 Å². The highest BCUT2D eigenvalue weighted by Crippen LogP contribution is 2.51. The maximum Gasteiger partial charge on any atom is 0.431 e. The van der Waals surface area contributed by atoms with Gasteiger partial charge in [-0.2, -0.15) is 26.3 Å². The van der Waals surface area contributed by atoms with Crippen molar-refractivity contribution < 1.29 is 48.3 Å². The fraction of sp³-hybridized carbons (Fsp3) is 1.00. The van der Waals surface area contributed by atoms with Gasteiger partial charge in [-0.1, -0.05) is 34.8 Å². The van der Waals surface area contributed by atoms with E-state index < -0.39 is 52.9 Å². The van der Waals surface area contributed by atoms with Crippen molar-refractivity contribution >= 4 is 34.8 Å². The van der Waals surface area contributed by atoms with Crippen LogP contribution in [0.3, 0.4) is 0 Å². The molecule has 0 aliphatic heterocycles. The molecule has 0 N–H and O–H groups in total. The summed E-state index contributed by atoms with van der Waals surface area (Å²) in [6, 6.07) is 0. The molecule has 14 heteroatoms. The molecule has 0 bridgehead atoms. The topological polar surface area (TPSA) is 0 Å². The molecule has 140 valence electrons. The molecule has 0 rings (SSSR count). The zero-order chi connectivity index (χ0) is 19.1. The van der Waals surface area contributed by atoms with Gasteiger partial charge in [-0.3, -0.25) is 0 Å². The summed E-state index contributed by atoms with van der Waals surface area (Å²) in [5.41, 5.74) is -9.20. The minimum absolute atomic E-state index is 2.62. The number of hydrogen-bond donors (Lipinski definition) is 0. The van der Waals surface area contributed by atoms with Crippen LogP contribution in [0.5, 0.6) is 0 Å². The Labute approximate surface area is 136 Å². The highest BCUT2D eigenvalue weighted by molar-refractivity contribution is 6.52. The van der Waals surface area contributed by atoms with Crippen LogP contribution in [0.15, 0.2) is 0 Å². The molecule has 0 fully saturated rings. The molecule has 0 aromatic carbocycles. The fourth-order valence-electron chi connectivity index (χ4n) is 1.30. The van der Waals surface area contributed by atoms with E-state index in [-0.39, 0.29) is 0 Å². The standard InChI is InChI=1S/C9H6Cl3F11/c10-4(14)7(11,12)3(13)5(15,16)1-2-6(17,8(18,19)20)9(21,22)23/h3-4H,1-2H2. The lowest BCUT2D eigenvalue weighted by Crippen LogP contribution is -2.55. The molecule has 0 aromatic rings. The lowest BCUT2D eigenvalue weighted by Gasteiger charge is -2.34. The Hall–Kier alpha value is 0.1000. The summed E-state index contributed by atoms with van der Waals surface area (Å²) < 4.78 is 135. The third-order valence-corrected chi connectivity index (χ3v) is 4.04. The van der Waals surface area contributed by atoms with Gasteiger partial charge in [0.25, 0.3) is 11.6 Å². The van der Waals surface area contributed by atoms with E-state index in [1.807, 2.05) is 0 Å². The van der Waals surface area contributed by atoms with Crippen LogP contribution in [0, 0.1) is 0 Å². The maximum atomic E-state index is 13.4. The third-order valence-electron chi connectivity index (χ3n) is 2.70. The molecule has 0 nitrogen and oxygen atoms in total. The molecule has 0 saturated carbocycles. The van der Waals surface area contributed by atoms with Gasteiger partial charge in [0.15, 0.2) is 4.33 Å². The van der Waals surface area contributed by atoms with Crippen molar-refractivity contribution in [2.45, 2.75) is 52.9 Å². The van der Waals surface area contributed by atoms with Crippen molar-refractivity contribution in [1.82, 2.24) is 0 Å². The highest BCUT2D eigenvalue weighted by Gasteiger charge is 2.73. The summed E-state index contributed by atoms with van der Waals surface area (Å²) >= 11 is 14.2. The van der Waals surface area contributed by atoms with Gasteiger partial charge in [-0.15, -0.1) is 0 Å². The molecule has 0 aliphatic rings. The predicted molar refractivity (Wildman–Crippen MR) is 60.2 cm³/mol. The Bertz CT molecular complexity index is 387. The second kappa shape index (κ2) is 6.78. The summed E-state index contributed by atoms with van der Waals surface area (Å²) in [5, 5.41) is 0. The molecule has 2 atom stereocenters. The van der Waals surface area contributed by atoms with E-state index in [1.165, 1.54) is 0 Å². The molecule has 0 aromatic heterocycles. The van der Waals surface area contributed by atoms with Gasteiger partial charge in [0.2, 0.25) is 11.8 Å². The molecule has 0 radical (unpaired) electrons. The smallest absolute Gasteiger partial charge is 0.237 e. The average Bonchev–Trinajstić information content (AvgIpc) is 2.31. The van der Waals surface area contributed by atoms with E-state index in [9.17, 15) is 48.3 Å². The third kappa shape index (κ3) is 4.81. The summed E-state index contributed by atoms with van der Waals surface area (Å²) in [4.78, 5) is 0. The van der Waals surface area contributed by atoms with Gasteiger partial charge in [0.1, 0.15) is 0 Å². The van der Waals surface area contributed by atoms with Crippen molar-refractivity contribution in [3.8, 4) is 0 Å². The zero-order valence-corrected chi connectivity index (χ0v) is 12.6. The Kier molecular flexibility index (Phi) is 6.81. The van der Waals surface area contributed by atoms with Crippen molar-refractivity contribution in [2.24, 2.45) is 0 Å². The van der Waals surface area contributed by atoms with Gasteiger partial charge >= 0.3 is 12.4 Å². The Morgan fingerprint density at radius 3 is 1.30 bits per heavy atom. The van der Waals surface area contributed by atoms with Crippen LogP contribution in [0.2, 0.25) is 0 Å². The van der Waals surface area contributed by atoms with Crippen LogP contribution in [-0.4, -0.2) is 40.1 Å². The first-order chi connectivity index (χ1) is 9.81. The molecular formula is C9H6Cl3F11. The lowest BCUT2D eigenvalue weighted by molar-refractivity contribution is -0.345. The van der Waals surface area contributed by atoms with Gasteiger partial charge in [-0.05, 0) is 0 Å². The number of halogens is 14. The van der Waals surface area contributed by atoms with E-state index in [1.54, 1.807) is 0 Å². The molecule has 0 spiro atoms. The van der Waals surface area contributed by atoms with Crippen LogP contribution < -0.4 is 0 Å². The van der Waals surface area contributed by atoms with Crippen molar-refractivity contribution in [1.29, 1.82) is 0 Å². The molecule has 0 saturated heterocycles. The van der Waals surface area contributed by atoms with Crippen LogP contribution in [0.4, 0.5) is 48.3 Å². The van der Waals surface area contributed by atoms with Crippen LogP contribution in [-0.2, 0) is 0 Å². The summed E-state index contributed by atoms with van der Waals surface area (Å²) in [7, 11) is 0. The summed E-state index contributed by atoms with van der Waals surface area (Å²) in [6.45, 7) is 0. The Morgan fingerprint density at radius 1 is 0.696 bits per heavy atom. The average molecular weight is 429 g/mol. The second-order valence-corrected chi connectivity index (χ2v) is 6.22. The quantitative estimate of drug-likeness (QED) is 0.344. The normalized spacial score (nSPS) is 18.0. The summed E-state index contributed by atoms with van der Waals surface area (Å²) in [5.74, 6) is -5.13. The number of alkyl halides is 14. The van der Waals surface area contributed by atoms with E-state index in [0.717, 1.165) is 0 Å². The van der Waals surface area contributed by atoms with Crippen molar-refractivity contribution in [3.63, 3.8) is 0 Å². The zero-order valence-electron chi connectivity index (χ0n) is 10.4. The lowest BCUT2D eigenvalue weighted by atomic mass is 9.93. The van der Waals surface area contributed by atoms with Gasteiger partial charge in [0, 0.05) is 12.8 Å². The van der Waals surface area contributed by atoms with Gasteiger partial charge in [0.05, 0.1) is 0 Å². The second-order valence-electron chi connectivity index (χ2n) is 4.40. The van der Waals surface area contributed by atoms with Crippen LogP contribution >= 0.6 is 34.8 Å². The van der Waals surface area contributed by atoms with Crippen molar-refractivity contribution in [2.75, 3.05) is 0 Å². The number of hydrogen-bond acceptors (Lipinski definition) is 0. The molecule has 0 amide bonds. The van der Waals surface area contributed by atoms with Crippen molar-refractivity contribution in [3.05, 3.63) is 0 Å². The number of rotatable bonds is 6. The monoisotopic (exact) mass is 428 g/mol. The Balaban J connectivity index is 5.41. The minimum Gasteiger partial charge on any atom is -0.237 e. The van der Waals surface area contributed by atoms with E-state index in [0.29, 0.717) is 0 Å². The molecule has 2 unspecified atom stereocenters. The van der Waals surface area contributed by atoms with Gasteiger partial charge in [-0.25, -0.2) is 22.0 Å². The highest BCUT2D eigenvalue weighted by atomic mass is 35.5. The van der Waals surface area contributed by atoms with E-state index in [2.05, 4.69) is 11.6 Å². The SMILES string of the molecule is FC(Cl)C(Cl)(Cl)C(F)C(F)(F)CCC(F)(C(F)(F)F)C(F)(F)F. The van der Waals surface area contributed by atoms with Crippen LogP contribution in [0.25, 0.3) is 0 Å². The molecule has 0 aliphatic carbocycles. The minimum atomic E-state index is -6.60. The predicted octanol–water partition coefficient (Wildman–Crippen LogP) is 6.28. The molecule has 23 heavy (non-hydrogen) atoms. The fourth-order valence-corrected chi connectivity index (χ4v) is 1.73.